The second-order valence-electron chi connectivity index (χ2n) is 16.5. The molecule has 3 aliphatic rings. The Kier molecular flexibility index (Phi) is 15.0. The number of carbonyl (C=O) groups excluding carboxylic acids is 2. The number of carbonyl (C=O) groups is 3. The van der Waals surface area contributed by atoms with Crippen LogP contribution in [0, 0.1) is 13.8 Å². The molecule has 3 aromatic carbocycles. The van der Waals surface area contributed by atoms with Crippen LogP contribution in [-0.4, -0.2) is 73.3 Å². The van der Waals surface area contributed by atoms with E-state index in [9.17, 15) is 28.1 Å². The molecule has 12 nitrogen and oxygen atoms in total. The molecule has 69 heavy (non-hydrogen) atoms. The van der Waals surface area contributed by atoms with Gasteiger partial charge in [0.2, 0.25) is 0 Å². The number of carboxylic acids is 1. The van der Waals surface area contributed by atoms with Crippen LogP contribution in [0.1, 0.15) is 76.2 Å². The van der Waals surface area contributed by atoms with Crippen LogP contribution in [0.15, 0.2) is 129 Å². The van der Waals surface area contributed by atoms with Crippen LogP contribution >= 0.6 is 11.3 Å². The topological polar surface area (TPSA) is 160 Å². The molecule has 5 aromatic rings. The first-order valence-corrected chi connectivity index (χ1v) is 23.7. The Hall–Kier alpha value is -7.59. The second-order valence-corrected chi connectivity index (χ2v) is 17.4. The molecule has 16 heteroatoms. The molecular formula is C53H51BF2N6O6S. The molecule has 0 atom stereocenters. The monoisotopic (exact) mass is 948 g/mol. The van der Waals surface area contributed by atoms with E-state index in [4.69, 9.17) is 9.15 Å². The first-order valence-electron chi connectivity index (χ1n) is 22.9. The van der Waals surface area contributed by atoms with Gasteiger partial charge >= 0.3 is 13.4 Å². The Labute approximate surface area is 402 Å². The summed E-state index contributed by atoms with van der Waals surface area (Å²) in [5.41, 5.74) is 8.39. The zero-order valence-electron chi connectivity index (χ0n) is 38.7. The van der Waals surface area contributed by atoms with Gasteiger partial charge in [0.05, 0.1) is 28.0 Å². The van der Waals surface area contributed by atoms with Gasteiger partial charge in [-0.15, -0.1) is 11.3 Å². The molecule has 8 rings (SSSR count). The van der Waals surface area contributed by atoms with Crippen molar-refractivity contribution in [3.8, 4) is 38.8 Å². The molecule has 352 valence electrons. The highest BCUT2D eigenvalue weighted by Gasteiger charge is 2.26. The number of amides is 2. The van der Waals surface area contributed by atoms with Crippen molar-refractivity contribution in [3.05, 3.63) is 153 Å². The van der Waals surface area contributed by atoms with Gasteiger partial charge in [-0.25, -0.2) is 9.79 Å². The van der Waals surface area contributed by atoms with Gasteiger partial charge in [0, 0.05) is 82.2 Å². The molecule has 4 N–H and O–H groups in total. The number of ether oxygens (including phenoxy) is 1. The van der Waals surface area contributed by atoms with E-state index in [2.05, 4.69) is 25.9 Å². The van der Waals surface area contributed by atoms with Crippen LogP contribution in [0.2, 0.25) is 0 Å². The van der Waals surface area contributed by atoms with Gasteiger partial charge in [0.1, 0.15) is 17.1 Å². The smallest absolute Gasteiger partial charge is 0.484 e. The largest absolute Gasteiger partial charge is 0.678 e. The van der Waals surface area contributed by atoms with Gasteiger partial charge in [-0.05, 0) is 154 Å². The molecule has 0 radical (unpaired) electrons. The van der Waals surface area contributed by atoms with Crippen molar-refractivity contribution in [1.29, 1.82) is 0 Å². The summed E-state index contributed by atoms with van der Waals surface area (Å²) in [4.78, 5) is 48.8. The fourth-order valence-corrected chi connectivity index (χ4v) is 9.10. The maximum atomic E-state index is 14.1. The number of aromatic carboxylic acids is 1. The van der Waals surface area contributed by atoms with E-state index in [-0.39, 0.29) is 29.5 Å². The SMILES string of the molecule is CCN=c1cc2oc3cc(NCC)c(C)cc3c(-c3ccc(C(=O)NCCCCCNC(=O)COc4ccc(C5=N/C(=C\c6ccc(-c7cccs7)n6B(F)F)C=C5)cc4)cc3C(=O)O)c-2cc1C. The lowest BCUT2D eigenvalue weighted by Crippen LogP contribution is -2.30. The van der Waals surface area contributed by atoms with E-state index in [0.717, 1.165) is 61.0 Å². The molecule has 0 unspecified atom stereocenters. The molecule has 2 aromatic heterocycles. The summed E-state index contributed by atoms with van der Waals surface area (Å²) >= 11 is 1.40. The lowest BCUT2D eigenvalue weighted by atomic mass is 9.88. The second kappa shape index (κ2) is 21.6. The summed E-state index contributed by atoms with van der Waals surface area (Å²) in [5.74, 6) is -0.741. The lowest BCUT2D eigenvalue weighted by Gasteiger charge is -2.19. The number of halogens is 2. The molecule has 0 spiro atoms. The van der Waals surface area contributed by atoms with Gasteiger partial charge in [0.25, 0.3) is 11.8 Å². The number of thiophene rings is 1. The number of anilines is 1. The third-order valence-corrected chi connectivity index (χ3v) is 12.6. The number of nitrogens with one attached hydrogen (secondary N) is 3. The zero-order chi connectivity index (χ0) is 48.6. The van der Waals surface area contributed by atoms with E-state index in [1.807, 2.05) is 87.7 Å². The number of unbranched alkanes of at least 4 members (excludes halogenated alkanes) is 2. The van der Waals surface area contributed by atoms with E-state index in [0.29, 0.717) is 83.5 Å². The molecule has 0 fully saturated rings. The molecule has 4 heterocycles. The fourth-order valence-electron chi connectivity index (χ4n) is 8.36. The summed E-state index contributed by atoms with van der Waals surface area (Å²) < 4.78 is 41.3. The number of aromatic nitrogens is 1. The van der Waals surface area contributed by atoms with Crippen molar-refractivity contribution in [2.75, 3.05) is 38.1 Å². The van der Waals surface area contributed by atoms with Crippen molar-refractivity contribution in [3.63, 3.8) is 0 Å². The number of rotatable bonds is 19. The van der Waals surface area contributed by atoms with Gasteiger partial charge in [0.15, 0.2) is 6.61 Å². The van der Waals surface area contributed by atoms with Gasteiger partial charge in [-0.1, -0.05) is 12.1 Å². The number of allylic oxidation sites excluding steroid dienone is 2. The predicted octanol–water partition coefficient (Wildman–Crippen LogP) is 10.7. The van der Waals surface area contributed by atoms with Crippen LogP contribution in [0.5, 0.6) is 5.75 Å². The minimum Gasteiger partial charge on any atom is -0.484 e. The summed E-state index contributed by atoms with van der Waals surface area (Å²) in [6.07, 6.45) is 7.29. The Balaban J connectivity index is 0.814. The number of nitrogens with zero attached hydrogens (tertiary/aromatic N) is 3. The number of fused-ring (bicyclic) bond motifs is 2. The zero-order valence-corrected chi connectivity index (χ0v) is 39.5. The molecule has 0 bridgehead atoms. The van der Waals surface area contributed by atoms with Crippen molar-refractivity contribution in [2.45, 2.75) is 47.0 Å². The van der Waals surface area contributed by atoms with Crippen LogP contribution in [0.4, 0.5) is 14.3 Å². The van der Waals surface area contributed by atoms with Crippen molar-refractivity contribution in [1.82, 2.24) is 15.1 Å². The Morgan fingerprint density at radius 1 is 0.899 bits per heavy atom. The number of carboxylic acid groups (broad SMARTS) is 1. The van der Waals surface area contributed by atoms with Gasteiger partial charge < -0.3 is 34.7 Å². The first-order chi connectivity index (χ1) is 33.4. The van der Waals surface area contributed by atoms with Gasteiger partial charge in [-0.3, -0.25) is 23.2 Å². The number of benzene rings is 4. The maximum absolute atomic E-state index is 14.1. The lowest BCUT2D eigenvalue weighted by molar-refractivity contribution is -0.123. The fraction of sp³-hybridized carbons (Fsp3) is 0.226. The molecular weight excluding hydrogens is 897 g/mol. The minimum absolute atomic E-state index is 0.00581. The van der Waals surface area contributed by atoms with Gasteiger partial charge in [-0.2, -0.15) is 0 Å². The first kappa shape index (κ1) is 47.9. The van der Waals surface area contributed by atoms with Crippen LogP contribution in [0.25, 0.3) is 50.1 Å². The average Bonchev–Trinajstić information content (AvgIpc) is 4.14. The standard InChI is InChI=1S/C53H51BF2N6O6S/c1-5-57-44-29-47-41(25-32(44)3)51(42-26-33(4)45(58-6-2)30-48(42)68-47)39-19-14-35(27-40(39)53(65)66)52(64)60-23-9-7-8-22-59-50(63)31-67-38-17-12-34(13-18-38)43-20-15-36(61-43)28-37-16-21-46(62(37)54(55)56)49-11-10-24-69-49/h10-21,24-30,57H,5-9,22-23,31H2,1-4H3,(H,59,63)(H,60,64)(H,65,66)/b36-28-,58-45?. The molecule has 1 aliphatic carbocycles. The normalized spacial score (nSPS) is 13.0. The number of aryl methyl sites for hydroxylation is 2. The number of hydrogen-bond donors (Lipinski definition) is 4. The van der Waals surface area contributed by atoms with Crippen LogP contribution in [0.3, 0.4) is 0 Å². The molecule has 0 saturated heterocycles. The molecule has 2 aliphatic heterocycles. The average molecular weight is 949 g/mol. The Bertz CT molecular complexity index is 3170. The highest BCUT2D eigenvalue weighted by atomic mass is 32.1. The minimum atomic E-state index is -2.71. The van der Waals surface area contributed by atoms with Crippen LogP contribution in [-0.2, 0) is 4.79 Å². The van der Waals surface area contributed by atoms with Crippen LogP contribution < -0.4 is 26.0 Å². The maximum Gasteiger partial charge on any atom is 0.678 e. The molecule has 0 saturated carbocycles. The summed E-state index contributed by atoms with van der Waals surface area (Å²) in [5, 5.41) is 23.1. The summed E-state index contributed by atoms with van der Waals surface area (Å²) in [7, 11) is -2.71. The summed E-state index contributed by atoms with van der Waals surface area (Å²) in [6, 6.07) is 26.7. The van der Waals surface area contributed by atoms with E-state index < -0.39 is 13.4 Å². The number of aliphatic imine (C=N–C) groups is 1. The predicted molar refractivity (Wildman–Crippen MR) is 271 cm³/mol. The van der Waals surface area contributed by atoms with E-state index in [1.165, 1.54) is 17.4 Å². The Morgan fingerprint density at radius 3 is 2.42 bits per heavy atom. The van der Waals surface area contributed by atoms with Crippen molar-refractivity contribution >= 4 is 65.0 Å². The van der Waals surface area contributed by atoms with E-state index >= 15 is 0 Å². The third-order valence-electron chi connectivity index (χ3n) is 11.7. The summed E-state index contributed by atoms with van der Waals surface area (Å²) in [6.45, 7) is 9.89. The van der Waals surface area contributed by atoms with Crippen molar-refractivity contribution < 1.29 is 37.3 Å². The number of hydrogen-bond acceptors (Lipinski definition) is 9. The highest BCUT2D eigenvalue weighted by Crippen LogP contribution is 2.43. The molecule has 2 amide bonds. The third kappa shape index (κ3) is 10.9. The quantitative estimate of drug-likeness (QED) is 0.0357. The Morgan fingerprint density at radius 2 is 1.70 bits per heavy atom. The van der Waals surface area contributed by atoms with Crippen molar-refractivity contribution in [2.24, 2.45) is 9.98 Å². The van der Waals surface area contributed by atoms with E-state index in [1.54, 1.807) is 48.6 Å². The highest BCUT2D eigenvalue weighted by molar-refractivity contribution is 7.13.